The monoisotopic (exact) mass is 1950 g/mol. The average Bonchev–Trinajstić information content (AvgIpc) is 1.02. The number of aliphatic hydroxyl groups is 2. The van der Waals surface area contributed by atoms with E-state index in [0.29, 0.717) is 65.6 Å². The lowest BCUT2D eigenvalue weighted by Gasteiger charge is -2.57. The van der Waals surface area contributed by atoms with Gasteiger partial charge in [-0.05, 0) is 183 Å². The van der Waals surface area contributed by atoms with Crippen molar-refractivity contribution < 1.29 is 53.4 Å². The van der Waals surface area contributed by atoms with E-state index < -0.39 is 40.1 Å². The van der Waals surface area contributed by atoms with Gasteiger partial charge >= 0.3 is 0 Å². The molecular formula is C106H132N16O12S4. The van der Waals surface area contributed by atoms with Gasteiger partial charge in [-0.3, -0.25) is 19.6 Å². The Hall–Kier alpha value is -10.1. The number of benzene rings is 8. The normalized spacial score (nSPS) is 24.0. The van der Waals surface area contributed by atoms with Crippen LogP contribution in [0.25, 0.3) is 44.5 Å². The second-order valence-electron chi connectivity index (χ2n) is 38.5. The van der Waals surface area contributed by atoms with Gasteiger partial charge in [0.2, 0.25) is 0 Å². The molecule has 0 bridgehead atoms. The molecule has 732 valence electrons. The van der Waals surface area contributed by atoms with E-state index in [9.17, 15) is 43.9 Å². The summed E-state index contributed by atoms with van der Waals surface area (Å²) in [7, 11) is -4.01. The Morgan fingerprint density at radius 2 is 0.558 bits per heavy atom. The molecule has 8 aromatic carbocycles. The fraction of sp³-hybridized carbons (Fsp3) is 0.434. The highest BCUT2D eigenvalue weighted by atomic mass is 32.2. The Balaban J connectivity index is 0.000000127. The van der Waals surface area contributed by atoms with Crippen LogP contribution in [0, 0.1) is 27.7 Å². The smallest absolute Gasteiger partial charge is 0.262 e. The molecule has 8 saturated heterocycles. The molecular weight excluding hydrogens is 1820 g/mol. The first-order valence-electron chi connectivity index (χ1n) is 48.4. The fourth-order valence-corrected chi connectivity index (χ4v) is 28.3. The zero-order valence-electron chi connectivity index (χ0n) is 80.8. The zero-order valence-corrected chi connectivity index (χ0v) is 84.0. The molecule has 138 heavy (non-hydrogen) atoms. The van der Waals surface area contributed by atoms with Crippen molar-refractivity contribution in [3.63, 3.8) is 0 Å². The zero-order chi connectivity index (χ0) is 96.9. The van der Waals surface area contributed by atoms with Crippen LogP contribution in [0.15, 0.2) is 264 Å². The van der Waals surface area contributed by atoms with E-state index in [-0.39, 0.29) is 105 Å². The third kappa shape index (κ3) is 21.0. The summed E-state index contributed by atoms with van der Waals surface area (Å²) in [5.41, 5.74) is 19.2. The number of aliphatic hydroxyl groups excluding tert-OH is 2. The van der Waals surface area contributed by atoms with Crippen molar-refractivity contribution in [2.75, 3.05) is 119 Å². The molecule has 0 spiro atoms. The van der Waals surface area contributed by atoms with E-state index in [4.69, 9.17) is 9.47 Å². The summed E-state index contributed by atoms with van der Waals surface area (Å²) in [6, 6.07) is 69.2. The molecule has 2 N–H and O–H groups in total. The number of ether oxygens (including phenoxy) is 2. The molecule has 0 aliphatic carbocycles. The molecule has 0 saturated carbocycles. The molecule has 8 aliphatic rings. The van der Waals surface area contributed by atoms with E-state index in [1.807, 2.05) is 12.1 Å². The quantitative estimate of drug-likeness (QED) is 0.0637. The number of imidazole rings is 4. The van der Waals surface area contributed by atoms with E-state index in [2.05, 4.69) is 249 Å². The second kappa shape index (κ2) is 43.2. The number of aromatic nitrogens is 8. The minimum absolute atomic E-state index is 0.00631. The highest BCUT2D eigenvalue weighted by molar-refractivity contribution is 7.90. The molecule has 12 heterocycles. The van der Waals surface area contributed by atoms with Crippen molar-refractivity contribution in [3.8, 4) is 44.5 Å². The van der Waals surface area contributed by atoms with Crippen molar-refractivity contribution in [1.29, 1.82) is 0 Å². The predicted molar refractivity (Wildman–Crippen MR) is 537 cm³/mol. The molecule has 0 unspecified atom stereocenters. The van der Waals surface area contributed by atoms with E-state index in [1.54, 1.807) is 115 Å². The molecule has 32 heteroatoms. The Morgan fingerprint density at radius 1 is 0.304 bits per heavy atom. The van der Waals surface area contributed by atoms with Gasteiger partial charge in [0.05, 0.1) is 51.7 Å². The third-order valence-electron chi connectivity index (χ3n) is 29.6. The van der Waals surface area contributed by atoms with Crippen molar-refractivity contribution in [2.45, 2.75) is 171 Å². The van der Waals surface area contributed by atoms with Crippen LogP contribution >= 0.6 is 0 Å². The number of rotatable bonds is 22. The summed E-state index contributed by atoms with van der Waals surface area (Å²) in [6.07, 6.45) is 19.4. The van der Waals surface area contributed by atoms with Gasteiger partial charge in [0.1, 0.15) is 0 Å². The molecule has 8 fully saturated rings. The molecule has 20 rings (SSSR count). The molecule has 28 nitrogen and oxygen atoms in total. The topological polar surface area (TPSA) is 293 Å². The predicted octanol–water partition coefficient (Wildman–Crippen LogP) is 13.3. The number of hydrogen-bond acceptors (Lipinski definition) is 20. The van der Waals surface area contributed by atoms with E-state index in [0.717, 1.165) is 99.8 Å². The maximum Gasteiger partial charge on any atom is 0.262 e. The lowest BCUT2D eigenvalue weighted by Crippen LogP contribution is -2.68. The number of nitrogens with zero attached hydrogens (tertiary/aromatic N) is 16. The fourth-order valence-electron chi connectivity index (χ4n) is 22.4. The molecule has 12 aromatic rings. The van der Waals surface area contributed by atoms with Gasteiger partial charge in [-0.2, -0.15) is 17.2 Å². The number of aryl methyl sites for hydroxylation is 8. The average molecular weight is 1950 g/mol. The summed E-state index contributed by atoms with van der Waals surface area (Å²) < 4.78 is 131. The van der Waals surface area contributed by atoms with Gasteiger partial charge in [-0.25, -0.2) is 53.6 Å². The summed E-state index contributed by atoms with van der Waals surface area (Å²) in [4.78, 5) is 26.0. The van der Waals surface area contributed by atoms with Crippen LogP contribution in [-0.4, -0.2) is 286 Å². The van der Waals surface area contributed by atoms with Gasteiger partial charge in [-0.15, -0.1) is 0 Å². The lowest BCUT2D eigenvalue weighted by molar-refractivity contribution is -0.0635. The van der Waals surface area contributed by atoms with Crippen LogP contribution in [0.4, 0.5) is 0 Å². The Kier molecular flexibility index (Phi) is 31.1. The Labute approximate surface area is 814 Å². The Morgan fingerprint density at radius 3 is 0.804 bits per heavy atom. The first kappa shape index (κ1) is 99.5. The number of methoxy groups -OCH3 is 2. The number of fused-ring (bicyclic) bond motifs is 4. The first-order chi connectivity index (χ1) is 66.6. The van der Waals surface area contributed by atoms with E-state index in [1.165, 1.54) is 79.4 Å². The molecule has 0 radical (unpaired) electrons. The van der Waals surface area contributed by atoms with Gasteiger partial charge in [0.15, 0.2) is 20.1 Å². The lowest BCUT2D eigenvalue weighted by atomic mass is 9.74. The van der Waals surface area contributed by atoms with Gasteiger partial charge in [0.25, 0.3) is 40.1 Å². The minimum atomic E-state index is -3.67. The van der Waals surface area contributed by atoms with Crippen molar-refractivity contribution in [1.82, 2.24) is 75.0 Å². The van der Waals surface area contributed by atoms with Crippen LogP contribution in [0.5, 0.6) is 0 Å². The third-order valence-corrected chi connectivity index (χ3v) is 36.6. The molecule has 4 aromatic heterocycles. The van der Waals surface area contributed by atoms with Crippen LogP contribution in [0.2, 0.25) is 0 Å². The van der Waals surface area contributed by atoms with Crippen LogP contribution in [0.1, 0.15) is 120 Å². The highest BCUT2D eigenvalue weighted by Crippen LogP contribution is 2.49. The van der Waals surface area contributed by atoms with Crippen LogP contribution < -0.4 is 0 Å². The van der Waals surface area contributed by atoms with Crippen LogP contribution in [-0.2, 0) is 77.8 Å². The SMILES string of the molecule is COC[C@@H]1[C@@H](c2ccc(-c3cccc(C)c3)cc2)[C@@H]2CN(S(=O)(=O)c3cn(C)cn3)CCCCN12.COC[C@H]1[C@H](c2ccc(-c3ccccc3C)cc2)[C@H]2CN(S(=O)(=O)c3cn(C)cn3)CCCCN21.Cc1cccc(-c2ccc([C@@H]3[C@@H](CO)N4CCCCN(S(=O)(=O)c5cn(C)cn5)C[C@@H]34)cc2)c1.Cc1ccccc1-c1ccc([C@@H]2[C@H]3CN(S(=O)(=O)c4cn(C)cn4)CCCCN3[C@H]2CO)cc1. The van der Waals surface area contributed by atoms with Crippen molar-refractivity contribution in [3.05, 3.63) is 289 Å². The maximum absolute atomic E-state index is 13.4. The first-order valence-corrected chi connectivity index (χ1v) is 54.1. The summed E-state index contributed by atoms with van der Waals surface area (Å²) >= 11 is 0. The van der Waals surface area contributed by atoms with Gasteiger partial charge < -0.3 is 38.0 Å². The van der Waals surface area contributed by atoms with Crippen molar-refractivity contribution in [2.24, 2.45) is 28.2 Å². The summed E-state index contributed by atoms with van der Waals surface area (Å²) in [6.45, 7) is 17.3. The number of hydrogen-bond donors (Lipinski definition) is 2. The van der Waals surface area contributed by atoms with E-state index >= 15 is 0 Å². The largest absolute Gasteiger partial charge is 0.395 e. The maximum atomic E-state index is 13.4. The van der Waals surface area contributed by atoms with Crippen molar-refractivity contribution >= 4 is 40.1 Å². The summed E-state index contributed by atoms with van der Waals surface area (Å²) in [5, 5.41) is 20.9. The van der Waals surface area contributed by atoms with Gasteiger partial charge in [0, 0.05) is 192 Å². The molecule has 8 aliphatic heterocycles. The summed E-state index contributed by atoms with van der Waals surface area (Å²) in [5.74, 6) is 0.577. The van der Waals surface area contributed by atoms with Crippen LogP contribution in [0.3, 0.4) is 0 Å². The Bertz CT molecular complexity index is 6640. The molecule has 0 amide bonds. The van der Waals surface area contributed by atoms with Gasteiger partial charge in [-0.1, -0.05) is 205 Å². The minimum Gasteiger partial charge on any atom is -0.395 e. The molecule has 12 atom stereocenters. The standard InChI is InChI=1S/2C27H34N4O3S.2C26H32N4O3S/c1-20-7-6-8-23(15-20)21-9-11-22(12-10-21)27-24-16-30(35(32,33)26-17-29(2)19-28-26)13-4-5-14-31(24)25(27)18-34-3;1-20-8-4-5-9-23(20)21-10-12-22(13-11-21)27-24-16-30(35(32,33)26-17-29(2)19-28-26)14-6-7-15-31(24)25(27)18-34-3;1-19-6-5-7-22(14-19)20-8-10-21(11-9-20)26-23-15-29(12-3-4-13-30(23)24(26)17-31)34(32,33)25-16-28(2)18-27-25;1-19-7-3-4-8-22(19)20-9-11-21(12-10-20)26-23-15-29(13-5-6-14-30(23)24(26)17-31)34(32,33)25-16-28(2)18-27-25/h6-12,15,17,19,24-25,27H,4-5,13-14,16,18H2,1-3H3;4-5,8-13,17,19,24-25,27H,6-7,14-16,18H2,1-3H3;5-11,14,16,18,23-24,26,31H,3-4,12-13,15,17H2,1-2H3;3-4,7-12,16,18,23-24,26,31H,5-6,13-15,17H2,1-2H3/t2*24-,25+,27-;2*23-,24+,26-/m0101/s1. The number of sulfonamides is 4. The highest BCUT2D eigenvalue weighted by Gasteiger charge is 2.55. The second-order valence-corrected chi connectivity index (χ2v) is 46.1.